The molecule has 0 saturated heterocycles. The number of H-pyrrole nitrogens is 1. The number of aromatic hydroxyl groups is 1. The Bertz CT molecular complexity index is 544. The molecule has 1 aromatic carbocycles. The van der Waals surface area contributed by atoms with Gasteiger partial charge in [0.05, 0.1) is 5.69 Å². The van der Waals surface area contributed by atoms with Crippen molar-refractivity contribution in [1.82, 2.24) is 9.97 Å². The maximum absolute atomic E-state index is 11.1. The van der Waals surface area contributed by atoms with Crippen molar-refractivity contribution in [2.24, 2.45) is 0 Å². The highest BCUT2D eigenvalue weighted by Gasteiger charge is 2.05. The third-order valence-corrected chi connectivity index (χ3v) is 2.40. The largest absolute Gasteiger partial charge is 0.508 e. The van der Waals surface area contributed by atoms with Crippen LogP contribution in [0.5, 0.6) is 5.75 Å². The lowest BCUT2D eigenvalue weighted by Crippen LogP contribution is -2.12. The highest BCUT2D eigenvalue weighted by Crippen LogP contribution is 2.23. The Morgan fingerprint density at radius 3 is 2.62 bits per heavy atom. The van der Waals surface area contributed by atoms with Crippen LogP contribution in [0.3, 0.4) is 0 Å². The van der Waals surface area contributed by atoms with Gasteiger partial charge in [-0.15, -0.1) is 0 Å². The predicted octanol–water partition coefficient (Wildman–Crippen LogP) is 1.70. The lowest BCUT2D eigenvalue weighted by atomic mass is 10.0. The van der Waals surface area contributed by atoms with Crippen molar-refractivity contribution in [2.75, 3.05) is 0 Å². The Kier molecular flexibility index (Phi) is 2.72. The van der Waals surface area contributed by atoms with E-state index in [0.29, 0.717) is 6.42 Å². The van der Waals surface area contributed by atoms with Crippen LogP contribution in [-0.4, -0.2) is 15.1 Å². The van der Waals surface area contributed by atoms with Crippen LogP contribution in [0.4, 0.5) is 0 Å². The van der Waals surface area contributed by atoms with Gasteiger partial charge in [0.15, 0.2) is 0 Å². The van der Waals surface area contributed by atoms with Crippen LogP contribution < -0.4 is 5.69 Å². The lowest BCUT2D eigenvalue weighted by Gasteiger charge is -2.05. The summed E-state index contributed by atoms with van der Waals surface area (Å²) in [7, 11) is 0. The summed E-state index contributed by atoms with van der Waals surface area (Å²) in [6.45, 7) is 1.95. The first-order valence-electron chi connectivity index (χ1n) is 5.08. The molecular weight excluding hydrogens is 204 g/mol. The molecule has 4 heteroatoms. The second kappa shape index (κ2) is 4.18. The van der Waals surface area contributed by atoms with Gasteiger partial charge in [-0.3, -0.25) is 0 Å². The van der Waals surface area contributed by atoms with Crippen LogP contribution in [0.25, 0.3) is 11.1 Å². The number of hydrogen-bond donors (Lipinski definition) is 2. The first-order valence-corrected chi connectivity index (χ1v) is 5.08. The number of rotatable bonds is 2. The van der Waals surface area contributed by atoms with Gasteiger partial charge in [0.2, 0.25) is 0 Å². The van der Waals surface area contributed by atoms with Crippen LogP contribution in [0.1, 0.15) is 12.6 Å². The van der Waals surface area contributed by atoms with Gasteiger partial charge in [-0.2, -0.15) is 4.98 Å². The van der Waals surface area contributed by atoms with Gasteiger partial charge in [0, 0.05) is 11.8 Å². The normalized spacial score (nSPS) is 10.3. The summed E-state index contributed by atoms with van der Waals surface area (Å²) in [5.74, 6) is 0.221. The van der Waals surface area contributed by atoms with Gasteiger partial charge in [-0.1, -0.05) is 19.1 Å². The zero-order chi connectivity index (χ0) is 11.5. The monoisotopic (exact) mass is 216 g/mol. The third kappa shape index (κ3) is 1.95. The number of aromatic amines is 1. The molecule has 4 nitrogen and oxygen atoms in total. The number of aryl methyl sites for hydroxylation is 1. The van der Waals surface area contributed by atoms with Crippen molar-refractivity contribution >= 4 is 0 Å². The topological polar surface area (TPSA) is 66.0 Å². The molecule has 2 N–H and O–H groups in total. The molecule has 0 bridgehead atoms. The van der Waals surface area contributed by atoms with E-state index >= 15 is 0 Å². The maximum Gasteiger partial charge on any atom is 0.345 e. The van der Waals surface area contributed by atoms with Gasteiger partial charge in [0.1, 0.15) is 5.75 Å². The van der Waals surface area contributed by atoms with Gasteiger partial charge in [-0.25, -0.2) is 4.79 Å². The molecule has 2 aromatic rings. The zero-order valence-electron chi connectivity index (χ0n) is 8.90. The molecule has 82 valence electrons. The van der Waals surface area contributed by atoms with Crippen molar-refractivity contribution in [3.05, 3.63) is 46.6 Å². The van der Waals surface area contributed by atoms with Crippen molar-refractivity contribution in [2.45, 2.75) is 13.3 Å². The minimum absolute atomic E-state index is 0.221. The van der Waals surface area contributed by atoms with E-state index in [1.54, 1.807) is 30.5 Å². The van der Waals surface area contributed by atoms with E-state index in [1.165, 1.54) is 0 Å². The minimum Gasteiger partial charge on any atom is -0.508 e. The van der Waals surface area contributed by atoms with Crippen LogP contribution >= 0.6 is 0 Å². The molecular formula is C12H12N2O2. The molecule has 0 unspecified atom stereocenters. The van der Waals surface area contributed by atoms with E-state index < -0.39 is 0 Å². The molecule has 2 rings (SSSR count). The first kappa shape index (κ1) is 10.4. The SMILES string of the molecule is CCc1nc(=O)[nH]cc1-c1ccc(O)cc1. The molecule has 0 fully saturated rings. The average molecular weight is 216 g/mol. The highest BCUT2D eigenvalue weighted by molar-refractivity contribution is 5.65. The molecule has 16 heavy (non-hydrogen) atoms. The Morgan fingerprint density at radius 2 is 2.00 bits per heavy atom. The summed E-state index contributed by atoms with van der Waals surface area (Å²) in [6, 6.07) is 6.81. The number of phenolic OH excluding ortho intramolecular Hbond substituents is 1. The summed E-state index contributed by atoms with van der Waals surface area (Å²) in [5.41, 5.74) is 2.24. The fraction of sp³-hybridized carbons (Fsp3) is 0.167. The maximum atomic E-state index is 11.1. The average Bonchev–Trinajstić information content (AvgIpc) is 2.30. The zero-order valence-corrected chi connectivity index (χ0v) is 8.90. The molecule has 0 aliphatic rings. The van der Waals surface area contributed by atoms with E-state index in [-0.39, 0.29) is 11.4 Å². The van der Waals surface area contributed by atoms with Gasteiger partial charge in [0.25, 0.3) is 0 Å². The number of hydrogen-bond acceptors (Lipinski definition) is 3. The van der Waals surface area contributed by atoms with Crippen molar-refractivity contribution in [1.29, 1.82) is 0 Å². The number of benzene rings is 1. The molecule has 0 spiro atoms. The predicted molar refractivity (Wildman–Crippen MR) is 61.3 cm³/mol. The molecule has 1 aromatic heterocycles. The van der Waals surface area contributed by atoms with Gasteiger partial charge < -0.3 is 10.1 Å². The Hall–Kier alpha value is -2.10. The molecule has 0 saturated carbocycles. The number of aromatic nitrogens is 2. The van der Waals surface area contributed by atoms with Crippen LogP contribution in [0.15, 0.2) is 35.3 Å². The fourth-order valence-corrected chi connectivity index (χ4v) is 1.59. The molecule has 0 atom stereocenters. The number of nitrogens with zero attached hydrogens (tertiary/aromatic N) is 1. The molecule has 0 aliphatic carbocycles. The van der Waals surface area contributed by atoms with Crippen molar-refractivity contribution in [3.63, 3.8) is 0 Å². The Balaban J connectivity index is 2.55. The summed E-state index contributed by atoms with van der Waals surface area (Å²) in [5, 5.41) is 9.20. The molecule has 0 amide bonds. The summed E-state index contributed by atoms with van der Waals surface area (Å²) >= 11 is 0. The molecule has 0 radical (unpaired) electrons. The van der Waals surface area contributed by atoms with Crippen LogP contribution in [-0.2, 0) is 6.42 Å². The second-order valence-corrected chi connectivity index (χ2v) is 3.47. The van der Waals surface area contributed by atoms with E-state index in [9.17, 15) is 9.90 Å². The van der Waals surface area contributed by atoms with E-state index in [1.807, 2.05) is 6.92 Å². The van der Waals surface area contributed by atoms with E-state index in [0.717, 1.165) is 16.8 Å². The second-order valence-electron chi connectivity index (χ2n) is 3.47. The van der Waals surface area contributed by atoms with E-state index in [2.05, 4.69) is 9.97 Å². The van der Waals surface area contributed by atoms with E-state index in [4.69, 9.17) is 0 Å². The summed E-state index contributed by atoms with van der Waals surface area (Å²) in [6.07, 6.45) is 2.35. The minimum atomic E-state index is -0.334. The van der Waals surface area contributed by atoms with Crippen LogP contribution in [0, 0.1) is 0 Å². The number of nitrogens with one attached hydrogen (secondary N) is 1. The smallest absolute Gasteiger partial charge is 0.345 e. The van der Waals surface area contributed by atoms with Crippen molar-refractivity contribution in [3.8, 4) is 16.9 Å². The Morgan fingerprint density at radius 1 is 1.31 bits per heavy atom. The highest BCUT2D eigenvalue weighted by atomic mass is 16.3. The van der Waals surface area contributed by atoms with Gasteiger partial charge in [-0.05, 0) is 24.1 Å². The summed E-state index contributed by atoms with van der Waals surface area (Å²) in [4.78, 5) is 17.6. The fourth-order valence-electron chi connectivity index (χ4n) is 1.59. The number of phenols is 1. The molecule has 1 heterocycles. The quantitative estimate of drug-likeness (QED) is 0.803. The van der Waals surface area contributed by atoms with Gasteiger partial charge >= 0.3 is 5.69 Å². The summed E-state index contributed by atoms with van der Waals surface area (Å²) < 4.78 is 0. The lowest BCUT2D eigenvalue weighted by molar-refractivity contribution is 0.475. The Labute approximate surface area is 92.6 Å². The molecule has 0 aliphatic heterocycles. The standard InChI is InChI=1S/C12H12N2O2/c1-2-11-10(7-13-12(16)14-11)8-3-5-9(15)6-4-8/h3-7,15H,2H2,1H3,(H,13,14,16). The third-order valence-electron chi connectivity index (χ3n) is 2.40. The van der Waals surface area contributed by atoms with Crippen molar-refractivity contribution < 1.29 is 5.11 Å². The van der Waals surface area contributed by atoms with Crippen LogP contribution in [0.2, 0.25) is 0 Å². The first-order chi connectivity index (χ1) is 7.70.